The van der Waals surface area contributed by atoms with Gasteiger partial charge >= 0.3 is 0 Å². The zero-order valence-electron chi connectivity index (χ0n) is 13.9. The first kappa shape index (κ1) is 17.9. The summed E-state index contributed by atoms with van der Waals surface area (Å²) in [7, 11) is -3.45. The predicted molar refractivity (Wildman–Crippen MR) is 91.8 cm³/mol. The normalized spacial score (nSPS) is 17.0. The van der Waals surface area contributed by atoms with Crippen LogP contribution in [-0.4, -0.2) is 50.6 Å². The van der Waals surface area contributed by atoms with Crippen LogP contribution in [0.5, 0.6) is 0 Å². The fraction of sp³-hybridized carbons (Fsp3) is 0.562. The smallest absolute Gasteiger partial charge is 0.231 e. The number of nitrogens with zero attached hydrogens (tertiary/aromatic N) is 1. The van der Waals surface area contributed by atoms with Crippen LogP contribution in [0.25, 0.3) is 0 Å². The highest BCUT2D eigenvalue weighted by atomic mass is 32.2. The maximum Gasteiger partial charge on any atom is 0.231 e. The summed E-state index contributed by atoms with van der Waals surface area (Å²) in [5, 5.41) is 5.92. The Morgan fingerprint density at radius 2 is 1.78 bits per heavy atom. The number of carbonyl (C=O) groups excluding carboxylic acids is 1. The topological polar surface area (TPSA) is 78.5 Å². The van der Waals surface area contributed by atoms with E-state index in [0.29, 0.717) is 31.9 Å². The van der Waals surface area contributed by atoms with E-state index in [0.717, 1.165) is 5.56 Å². The van der Waals surface area contributed by atoms with Crippen LogP contribution in [0.15, 0.2) is 24.3 Å². The molecular formula is C16H25N3O3S. The molecule has 1 aromatic carbocycles. The summed E-state index contributed by atoms with van der Waals surface area (Å²) < 4.78 is 26.5. The number of piperazine rings is 1. The Balaban J connectivity index is 2.04. The van der Waals surface area contributed by atoms with Crippen LogP contribution >= 0.6 is 0 Å². The molecule has 7 heteroatoms. The van der Waals surface area contributed by atoms with Gasteiger partial charge in [-0.15, -0.1) is 0 Å². The second-order valence-electron chi connectivity index (χ2n) is 6.61. The highest BCUT2D eigenvalue weighted by Crippen LogP contribution is 2.23. The van der Waals surface area contributed by atoms with E-state index < -0.39 is 15.4 Å². The van der Waals surface area contributed by atoms with Gasteiger partial charge in [-0.2, -0.15) is 4.31 Å². The summed E-state index contributed by atoms with van der Waals surface area (Å²) in [6, 6.07) is 7.43. The van der Waals surface area contributed by atoms with E-state index in [-0.39, 0.29) is 11.7 Å². The Hall–Kier alpha value is -1.44. The number of hydrogen-bond acceptors (Lipinski definition) is 4. The minimum absolute atomic E-state index is 0.197. The van der Waals surface area contributed by atoms with E-state index in [1.807, 2.05) is 31.2 Å². The number of nitrogens with one attached hydrogen (secondary N) is 2. The predicted octanol–water partition coefficient (Wildman–Crippen LogP) is 1.19. The average Bonchev–Trinajstić information content (AvgIpc) is 2.49. The summed E-state index contributed by atoms with van der Waals surface area (Å²) in [5.41, 5.74) is 0.769. The molecule has 2 rings (SSSR count). The van der Waals surface area contributed by atoms with Crippen LogP contribution < -0.4 is 10.6 Å². The van der Waals surface area contributed by atoms with Crippen LogP contribution in [0.1, 0.15) is 19.4 Å². The van der Waals surface area contributed by atoms with Gasteiger partial charge < -0.3 is 10.6 Å². The van der Waals surface area contributed by atoms with Crippen molar-refractivity contribution < 1.29 is 13.2 Å². The highest BCUT2D eigenvalue weighted by molar-refractivity contribution is 7.89. The fourth-order valence-electron chi connectivity index (χ4n) is 2.47. The molecule has 1 amide bonds. The van der Waals surface area contributed by atoms with E-state index in [1.165, 1.54) is 4.31 Å². The fourth-order valence-corrected chi connectivity index (χ4v) is 4.44. The largest absolute Gasteiger partial charge is 0.326 e. The van der Waals surface area contributed by atoms with Crippen molar-refractivity contribution in [1.82, 2.24) is 9.62 Å². The lowest BCUT2D eigenvalue weighted by Gasteiger charge is -2.30. The molecule has 1 heterocycles. The first-order valence-electron chi connectivity index (χ1n) is 7.77. The number of benzene rings is 1. The molecule has 128 valence electrons. The van der Waals surface area contributed by atoms with Gasteiger partial charge in [0.15, 0.2) is 0 Å². The van der Waals surface area contributed by atoms with Gasteiger partial charge in [0, 0.05) is 31.9 Å². The van der Waals surface area contributed by atoms with E-state index in [9.17, 15) is 13.2 Å². The molecule has 23 heavy (non-hydrogen) atoms. The molecule has 0 aliphatic carbocycles. The zero-order valence-corrected chi connectivity index (χ0v) is 14.7. The van der Waals surface area contributed by atoms with Crippen molar-refractivity contribution in [2.45, 2.75) is 20.8 Å². The van der Waals surface area contributed by atoms with Gasteiger partial charge in [-0.1, -0.05) is 17.7 Å². The maximum absolute atomic E-state index is 12.5. The van der Waals surface area contributed by atoms with Crippen molar-refractivity contribution in [3.63, 3.8) is 0 Å². The summed E-state index contributed by atoms with van der Waals surface area (Å²) in [6.45, 7) is 7.50. The molecular weight excluding hydrogens is 314 g/mol. The molecule has 1 aliphatic rings. The van der Waals surface area contributed by atoms with Crippen LogP contribution in [0.2, 0.25) is 0 Å². The molecule has 0 bridgehead atoms. The molecule has 0 spiro atoms. The Morgan fingerprint density at radius 3 is 2.35 bits per heavy atom. The number of sulfonamides is 1. The Kier molecular flexibility index (Phi) is 5.44. The maximum atomic E-state index is 12.5. The Bertz CT molecular complexity index is 648. The number of anilines is 1. The molecule has 0 radical (unpaired) electrons. The molecule has 1 aromatic rings. The summed E-state index contributed by atoms with van der Waals surface area (Å²) in [4.78, 5) is 12.5. The second-order valence-corrected chi connectivity index (χ2v) is 8.58. The zero-order chi connectivity index (χ0) is 17.1. The summed E-state index contributed by atoms with van der Waals surface area (Å²) in [5.74, 6) is -0.488. The molecule has 1 saturated heterocycles. The molecule has 2 N–H and O–H groups in total. The molecule has 0 saturated carbocycles. The van der Waals surface area contributed by atoms with Crippen molar-refractivity contribution in [2.75, 3.05) is 37.2 Å². The van der Waals surface area contributed by atoms with Gasteiger partial charge in [0.25, 0.3) is 0 Å². The SMILES string of the molecule is Cc1ccc(NC(=O)C(C)(C)CS(=O)(=O)N2CCNCC2)cc1. The lowest BCUT2D eigenvalue weighted by molar-refractivity contribution is -0.123. The van der Waals surface area contributed by atoms with Crippen molar-refractivity contribution >= 4 is 21.6 Å². The number of rotatable bonds is 5. The number of amides is 1. The third kappa shape index (κ3) is 4.76. The lowest BCUT2D eigenvalue weighted by Crippen LogP contribution is -2.50. The number of aryl methyl sites for hydroxylation is 1. The highest BCUT2D eigenvalue weighted by Gasteiger charge is 2.36. The van der Waals surface area contributed by atoms with Gasteiger partial charge in [-0.3, -0.25) is 4.79 Å². The minimum Gasteiger partial charge on any atom is -0.326 e. The van der Waals surface area contributed by atoms with Gasteiger partial charge in [0.2, 0.25) is 15.9 Å². The third-order valence-electron chi connectivity index (χ3n) is 3.94. The first-order chi connectivity index (χ1) is 10.7. The molecule has 0 aromatic heterocycles. The van der Waals surface area contributed by atoms with Crippen molar-refractivity contribution in [1.29, 1.82) is 0 Å². The monoisotopic (exact) mass is 339 g/mol. The van der Waals surface area contributed by atoms with Crippen molar-refractivity contribution in [2.24, 2.45) is 5.41 Å². The van der Waals surface area contributed by atoms with Crippen LogP contribution in [0, 0.1) is 12.3 Å². The summed E-state index contributed by atoms with van der Waals surface area (Å²) >= 11 is 0. The standard InChI is InChI=1S/C16H25N3O3S/c1-13-4-6-14(7-5-13)18-15(20)16(2,3)12-23(21,22)19-10-8-17-9-11-19/h4-7,17H,8-12H2,1-3H3,(H,18,20). The van der Waals surface area contributed by atoms with Crippen LogP contribution in [-0.2, 0) is 14.8 Å². The van der Waals surface area contributed by atoms with Gasteiger partial charge in [0.1, 0.15) is 0 Å². The van der Waals surface area contributed by atoms with Crippen LogP contribution in [0.4, 0.5) is 5.69 Å². The minimum atomic E-state index is -3.45. The third-order valence-corrected chi connectivity index (χ3v) is 6.18. The van der Waals surface area contributed by atoms with Gasteiger partial charge in [-0.05, 0) is 32.9 Å². The van der Waals surface area contributed by atoms with Gasteiger partial charge in [0.05, 0.1) is 11.2 Å². The summed E-state index contributed by atoms with van der Waals surface area (Å²) in [6.07, 6.45) is 0. The van der Waals surface area contributed by atoms with Crippen molar-refractivity contribution in [3.8, 4) is 0 Å². The molecule has 6 nitrogen and oxygen atoms in total. The number of carbonyl (C=O) groups is 1. The van der Waals surface area contributed by atoms with E-state index >= 15 is 0 Å². The quantitative estimate of drug-likeness (QED) is 0.845. The van der Waals surface area contributed by atoms with E-state index in [1.54, 1.807) is 13.8 Å². The van der Waals surface area contributed by atoms with Gasteiger partial charge in [-0.25, -0.2) is 8.42 Å². The average molecular weight is 339 g/mol. The first-order valence-corrected chi connectivity index (χ1v) is 9.38. The molecule has 0 unspecified atom stereocenters. The van der Waals surface area contributed by atoms with Crippen molar-refractivity contribution in [3.05, 3.63) is 29.8 Å². The van der Waals surface area contributed by atoms with Crippen LogP contribution in [0.3, 0.4) is 0 Å². The van der Waals surface area contributed by atoms with E-state index in [2.05, 4.69) is 10.6 Å². The van der Waals surface area contributed by atoms with E-state index in [4.69, 9.17) is 0 Å². The molecule has 1 aliphatic heterocycles. The molecule has 0 atom stereocenters. The lowest BCUT2D eigenvalue weighted by atomic mass is 9.95. The second kappa shape index (κ2) is 6.98. The number of hydrogen-bond donors (Lipinski definition) is 2. The Morgan fingerprint density at radius 1 is 1.22 bits per heavy atom. The Labute approximate surface area is 138 Å². The molecule has 1 fully saturated rings.